The minimum absolute atomic E-state index is 0.0772. The zero-order valence-electron chi connectivity index (χ0n) is 12.6. The van der Waals surface area contributed by atoms with Crippen molar-refractivity contribution in [1.82, 2.24) is 9.88 Å². The summed E-state index contributed by atoms with van der Waals surface area (Å²) in [6, 6.07) is 3.77. The number of nitrogens with zero attached hydrogens (tertiary/aromatic N) is 3. The van der Waals surface area contributed by atoms with Crippen LogP contribution < -0.4 is 5.32 Å². The highest BCUT2D eigenvalue weighted by Gasteiger charge is 2.25. The lowest BCUT2D eigenvalue weighted by atomic mass is 10.2. The fraction of sp³-hybridized carbons (Fsp3) is 0.400. The number of morpholine rings is 1. The standard InChI is InChI=1S/C15H16N4O2S2/c1-10-9-23-15(17-10)12-7-19(3-4-21-12)8-13(20)18-14-11(6-16)2-5-22-14/h2,5,9,12H,3-4,7-8H2,1H3,(H,18,20). The van der Waals surface area contributed by atoms with Crippen molar-refractivity contribution in [2.24, 2.45) is 0 Å². The van der Waals surface area contributed by atoms with Crippen molar-refractivity contribution in [1.29, 1.82) is 5.26 Å². The first kappa shape index (κ1) is 16.1. The third kappa shape index (κ3) is 3.95. The number of thiazole rings is 1. The highest BCUT2D eigenvalue weighted by molar-refractivity contribution is 7.14. The number of amides is 1. The number of carbonyl (C=O) groups is 1. The zero-order valence-corrected chi connectivity index (χ0v) is 14.2. The van der Waals surface area contributed by atoms with Crippen LogP contribution in [0.4, 0.5) is 5.00 Å². The predicted molar refractivity (Wildman–Crippen MR) is 89.6 cm³/mol. The van der Waals surface area contributed by atoms with Gasteiger partial charge in [0.25, 0.3) is 0 Å². The molecule has 0 aliphatic carbocycles. The van der Waals surface area contributed by atoms with Gasteiger partial charge in [0.05, 0.1) is 18.7 Å². The second kappa shape index (κ2) is 7.19. The highest BCUT2D eigenvalue weighted by atomic mass is 32.1. The van der Waals surface area contributed by atoms with E-state index in [2.05, 4.69) is 21.3 Å². The Balaban J connectivity index is 1.57. The molecule has 23 heavy (non-hydrogen) atoms. The van der Waals surface area contributed by atoms with E-state index in [1.807, 2.05) is 12.3 Å². The summed E-state index contributed by atoms with van der Waals surface area (Å²) in [7, 11) is 0. The van der Waals surface area contributed by atoms with E-state index in [1.54, 1.807) is 22.8 Å². The van der Waals surface area contributed by atoms with Gasteiger partial charge in [-0.1, -0.05) is 0 Å². The highest BCUT2D eigenvalue weighted by Crippen LogP contribution is 2.25. The summed E-state index contributed by atoms with van der Waals surface area (Å²) in [6.45, 7) is 4.19. The van der Waals surface area contributed by atoms with E-state index in [4.69, 9.17) is 10.00 Å². The lowest BCUT2D eigenvalue weighted by Gasteiger charge is -2.31. The molecule has 0 radical (unpaired) electrons. The van der Waals surface area contributed by atoms with Crippen LogP contribution in [0.1, 0.15) is 22.4 Å². The van der Waals surface area contributed by atoms with Gasteiger partial charge < -0.3 is 10.1 Å². The normalized spacial score (nSPS) is 18.5. The Kier molecular flexibility index (Phi) is 5.03. The summed E-state index contributed by atoms with van der Waals surface area (Å²) >= 11 is 2.95. The van der Waals surface area contributed by atoms with Crippen LogP contribution in [0.3, 0.4) is 0 Å². The monoisotopic (exact) mass is 348 g/mol. The van der Waals surface area contributed by atoms with Gasteiger partial charge in [-0.05, 0) is 18.4 Å². The summed E-state index contributed by atoms with van der Waals surface area (Å²) in [5.41, 5.74) is 1.49. The summed E-state index contributed by atoms with van der Waals surface area (Å²) in [5, 5.41) is 17.2. The van der Waals surface area contributed by atoms with E-state index < -0.39 is 0 Å². The summed E-state index contributed by atoms with van der Waals surface area (Å²) in [4.78, 5) is 18.7. The first-order valence-corrected chi connectivity index (χ1v) is 8.95. The van der Waals surface area contributed by atoms with Crippen LogP contribution in [-0.2, 0) is 9.53 Å². The molecule has 2 aromatic heterocycles. The maximum atomic E-state index is 12.2. The smallest absolute Gasteiger partial charge is 0.239 e. The Morgan fingerprint density at radius 2 is 2.48 bits per heavy atom. The molecule has 3 heterocycles. The van der Waals surface area contributed by atoms with Crippen molar-refractivity contribution in [3.63, 3.8) is 0 Å². The van der Waals surface area contributed by atoms with Crippen molar-refractivity contribution in [2.75, 3.05) is 31.6 Å². The average molecular weight is 348 g/mol. The fourth-order valence-corrected chi connectivity index (χ4v) is 3.97. The number of hydrogen-bond donors (Lipinski definition) is 1. The number of aryl methyl sites for hydroxylation is 1. The molecule has 1 saturated heterocycles. The molecule has 8 heteroatoms. The van der Waals surface area contributed by atoms with E-state index in [0.29, 0.717) is 30.3 Å². The van der Waals surface area contributed by atoms with E-state index in [1.165, 1.54) is 11.3 Å². The number of thiophene rings is 1. The number of anilines is 1. The third-order valence-corrected chi connectivity index (χ3v) is 5.35. The molecule has 0 bridgehead atoms. The number of nitriles is 1. The molecule has 1 fully saturated rings. The second-order valence-electron chi connectivity index (χ2n) is 5.25. The lowest BCUT2D eigenvalue weighted by molar-refractivity contribution is -0.119. The molecule has 0 saturated carbocycles. The van der Waals surface area contributed by atoms with Gasteiger partial charge in [-0.2, -0.15) is 5.26 Å². The van der Waals surface area contributed by atoms with E-state index in [-0.39, 0.29) is 18.6 Å². The SMILES string of the molecule is Cc1csc(C2CN(CC(=O)Nc3sccc3C#N)CCO2)n1. The maximum Gasteiger partial charge on any atom is 0.239 e. The number of aromatic nitrogens is 1. The van der Waals surface area contributed by atoms with Gasteiger partial charge in [0, 0.05) is 24.2 Å². The molecule has 2 aromatic rings. The number of carbonyl (C=O) groups excluding carboxylic acids is 1. The van der Waals surface area contributed by atoms with Crippen molar-refractivity contribution in [3.8, 4) is 6.07 Å². The van der Waals surface area contributed by atoms with Crippen LogP contribution in [0.15, 0.2) is 16.8 Å². The van der Waals surface area contributed by atoms with Gasteiger partial charge in [-0.25, -0.2) is 4.98 Å². The molecule has 1 atom stereocenters. The first-order valence-electron chi connectivity index (χ1n) is 7.19. The van der Waals surface area contributed by atoms with Gasteiger partial charge in [0.1, 0.15) is 22.2 Å². The molecule has 3 rings (SSSR count). The molecule has 1 aliphatic heterocycles. The number of ether oxygens (including phenoxy) is 1. The number of rotatable bonds is 4. The fourth-order valence-electron chi connectivity index (χ4n) is 2.38. The van der Waals surface area contributed by atoms with Gasteiger partial charge in [0.15, 0.2) is 0 Å². The second-order valence-corrected chi connectivity index (χ2v) is 7.05. The molecule has 1 N–H and O–H groups in total. The molecule has 0 aromatic carbocycles. The molecule has 6 nitrogen and oxygen atoms in total. The average Bonchev–Trinajstić information content (AvgIpc) is 3.16. The molecule has 0 spiro atoms. The summed E-state index contributed by atoms with van der Waals surface area (Å²) < 4.78 is 5.77. The van der Waals surface area contributed by atoms with Crippen LogP contribution in [0, 0.1) is 18.3 Å². The van der Waals surface area contributed by atoms with Crippen molar-refractivity contribution in [3.05, 3.63) is 33.1 Å². The van der Waals surface area contributed by atoms with Crippen LogP contribution in [-0.4, -0.2) is 42.0 Å². The van der Waals surface area contributed by atoms with Gasteiger partial charge in [-0.15, -0.1) is 22.7 Å². The molecule has 120 valence electrons. The molecular weight excluding hydrogens is 332 g/mol. The Hall–Kier alpha value is -1.79. The van der Waals surface area contributed by atoms with Gasteiger partial charge >= 0.3 is 0 Å². The van der Waals surface area contributed by atoms with Crippen LogP contribution in [0.5, 0.6) is 0 Å². The molecular formula is C15H16N4O2S2. The van der Waals surface area contributed by atoms with Crippen molar-refractivity contribution < 1.29 is 9.53 Å². The molecule has 1 amide bonds. The lowest BCUT2D eigenvalue weighted by Crippen LogP contribution is -2.42. The van der Waals surface area contributed by atoms with Crippen LogP contribution in [0.25, 0.3) is 0 Å². The van der Waals surface area contributed by atoms with Crippen LogP contribution >= 0.6 is 22.7 Å². The summed E-state index contributed by atoms with van der Waals surface area (Å²) in [6.07, 6.45) is -0.0772. The van der Waals surface area contributed by atoms with Gasteiger partial charge in [0.2, 0.25) is 5.91 Å². The Morgan fingerprint density at radius 3 is 3.22 bits per heavy atom. The van der Waals surface area contributed by atoms with Crippen molar-refractivity contribution >= 4 is 33.6 Å². The number of nitrogens with one attached hydrogen (secondary N) is 1. The summed E-state index contributed by atoms with van der Waals surface area (Å²) in [5.74, 6) is -0.111. The predicted octanol–water partition coefficient (Wildman–Crippen LogP) is 2.40. The van der Waals surface area contributed by atoms with Gasteiger partial charge in [-0.3, -0.25) is 9.69 Å². The minimum atomic E-state index is -0.111. The largest absolute Gasteiger partial charge is 0.368 e. The van der Waals surface area contributed by atoms with Crippen LogP contribution in [0.2, 0.25) is 0 Å². The van der Waals surface area contributed by atoms with E-state index in [0.717, 1.165) is 10.7 Å². The maximum absolute atomic E-state index is 12.2. The first-order chi connectivity index (χ1) is 11.2. The van der Waals surface area contributed by atoms with Crippen molar-refractivity contribution in [2.45, 2.75) is 13.0 Å². The Morgan fingerprint density at radius 1 is 1.61 bits per heavy atom. The zero-order chi connectivity index (χ0) is 16.2. The quantitative estimate of drug-likeness (QED) is 0.918. The number of hydrogen-bond acceptors (Lipinski definition) is 7. The Labute approximate surface area is 142 Å². The molecule has 1 aliphatic rings. The topological polar surface area (TPSA) is 78.2 Å². The van der Waals surface area contributed by atoms with E-state index in [9.17, 15) is 4.79 Å². The Bertz CT molecular complexity index is 734. The molecule has 1 unspecified atom stereocenters. The van der Waals surface area contributed by atoms with E-state index >= 15 is 0 Å². The third-order valence-electron chi connectivity index (χ3n) is 3.47. The minimum Gasteiger partial charge on any atom is -0.368 e.